The fourth-order valence-electron chi connectivity index (χ4n) is 2.77. The molecule has 2 rings (SSSR count). The molecule has 20 heavy (non-hydrogen) atoms. The van der Waals surface area contributed by atoms with Crippen molar-refractivity contribution in [1.82, 2.24) is 20.1 Å². The molecule has 0 bridgehead atoms. The maximum absolute atomic E-state index is 5.53. The summed E-state index contributed by atoms with van der Waals surface area (Å²) in [7, 11) is 1.73. The van der Waals surface area contributed by atoms with Gasteiger partial charge >= 0.3 is 0 Å². The van der Waals surface area contributed by atoms with E-state index >= 15 is 0 Å². The molecule has 1 aliphatic heterocycles. The third kappa shape index (κ3) is 4.01. The zero-order valence-electron chi connectivity index (χ0n) is 12.6. The Hall–Kier alpha value is -0.980. The molecule has 0 radical (unpaired) electrons. The second kappa shape index (κ2) is 7.71. The number of aryl methyl sites for hydroxylation is 1. The minimum Gasteiger partial charge on any atom is -0.383 e. The van der Waals surface area contributed by atoms with E-state index in [1.807, 2.05) is 4.68 Å². The van der Waals surface area contributed by atoms with Crippen LogP contribution in [0.3, 0.4) is 0 Å². The highest BCUT2D eigenvalue weighted by Crippen LogP contribution is 2.33. The summed E-state index contributed by atoms with van der Waals surface area (Å²) >= 11 is 0. The van der Waals surface area contributed by atoms with E-state index in [9.17, 15) is 0 Å². The van der Waals surface area contributed by atoms with Crippen LogP contribution in [0.4, 0.5) is 0 Å². The number of rotatable bonds is 8. The number of hydrogen-bond donors (Lipinski definition) is 1. The second-order valence-corrected chi connectivity index (χ2v) is 5.45. The van der Waals surface area contributed by atoms with Crippen LogP contribution < -0.4 is 5.32 Å². The molecule has 1 fully saturated rings. The molecule has 1 saturated heterocycles. The average molecular weight is 282 g/mol. The molecule has 0 aromatic carbocycles. The average Bonchev–Trinajstić information content (AvgIpc) is 2.92. The molecule has 1 aliphatic rings. The largest absolute Gasteiger partial charge is 0.383 e. The van der Waals surface area contributed by atoms with Gasteiger partial charge in [-0.05, 0) is 25.2 Å². The first-order chi connectivity index (χ1) is 9.79. The summed E-state index contributed by atoms with van der Waals surface area (Å²) in [6.45, 7) is 7.27. The van der Waals surface area contributed by atoms with Crippen LogP contribution in [-0.2, 0) is 22.4 Å². The van der Waals surface area contributed by atoms with Crippen LogP contribution >= 0.6 is 0 Å². The SMILES string of the molecule is CCn1ncnc1CC1(CNCCOC)CCOCC1. The highest BCUT2D eigenvalue weighted by Gasteiger charge is 2.34. The lowest BCUT2D eigenvalue weighted by atomic mass is 9.77. The Morgan fingerprint density at radius 2 is 2.25 bits per heavy atom. The van der Waals surface area contributed by atoms with E-state index in [0.717, 1.165) is 64.5 Å². The topological polar surface area (TPSA) is 61.2 Å². The van der Waals surface area contributed by atoms with Crippen molar-refractivity contribution >= 4 is 0 Å². The van der Waals surface area contributed by atoms with E-state index in [1.54, 1.807) is 13.4 Å². The summed E-state index contributed by atoms with van der Waals surface area (Å²) in [6, 6.07) is 0. The molecule has 6 heteroatoms. The number of nitrogens with one attached hydrogen (secondary N) is 1. The molecule has 0 saturated carbocycles. The van der Waals surface area contributed by atoms with Crippen LogP contribution in [0.5, 0.6) is 0 Å². The number of hydrogen-bond acceptors (Lipinski definition) is 5. The van der Waals surface area contributed by atoms with Gasteiger partial charge in [0.15, 0.2) is 0 Å². The van der Waals surface area contributed by atoms with Crippen molar-refractivity contribution < 1.29 is 9.47 Å². The van der Waals surface area contributed by atoms with Gasteiger partial charge in [0, 0.05) is 46.4 Å². The zero-order chi connectivity index (χ0) is 14.3. The van der Waals surface area contributed by atoms with E-state index in [-0.39, 0.29) is 5.41 Å². The molecule has 0 aliphatic carbocycles. The molecule has 1 aromatic rings. The standard InChI is InChI=1S/C14H26N4O2/c1-3-18-13(16-12-17-18)10-14(4-7-20-8-5-14)11-15-6-9-19-2/h12,15H,3-11H2,1-2H3. The molecule has 0 atom stereocenters. The second-order valence-electron chi connectivity index (χ2n) is 5.45. The van der Waals surface area contributed by atoms with Gasteiger partial charge in [-0.25, -0.2) is 4.98 Å². The Morgan fingerprint density at radius 1 is 1.45 bits per heavy atom. The molecule has 2 heterocycles. The van der Waals surface area contributed by atoms with Crippen molar-refractivity contribution in [1.29, 1.82) is 0 Å². The first-order valence-electron chi connectivity index (χ1n) is 7.44. The maximum Gasteiger partial charge on any atom is 0.138 e. The summed E-state index contributed by atoms with van der Waals surface area (Å²) in [6.07, 6.45) is 4.77. The summed E-state index contributed by atoms with van der Waals surface area (Å²) < 4.78 is 12.6. The van der Waals surface area contributed by atoms with E-state index in [2.05, 4.69) is 22.3 Å². The van der Waals surface area contributed by atoms with Gasteiger partial charge in [-0.2, -0.15) is 5.10 Å². The highest BCUT2D eigenvalue weighted by molar-refractivity contribution is 4.96. The van der Waals surface area contributed by atoms with E-state index in [4.69, 9.17) is 9.47 Å². The van der Waals surface area contributed by atoms with Gasteiger partial charge in [-0.15, -0.1) is 0 Å². The van der Waals surface area contributed by atoms with E-state index in [1.165, 1.54) is 0 Å². The minimum atomic E-state index is 0.228. The number of nitrogens with zero attached hydrogens (tertiary/aromatic N) is 3. The molecule has 1 N–H and O–H groups in total. The quantitative estimate of drug-likeness (QED) is 0.717. The summed E-state index contributed by atoms with van der Waals surface area (Å²) in [4.78, 5) is 4.43. The predicted molar refractivity (Wildman–Crippen MR) is 76.6 cm³/mol. The molecule has 0 amide bonds. The van der Waals surface area contributed by atoms with Crippen LogP contribution in [0.1, 0.15) is 25.6 Å². The van der Waals surface area contributed by atoms with Gasteiger partial charge in [0.05, 0.1) is 6.61 Å². The molecular weight excluding hydrogens is 256 g/mol. The van der Waals surface area contributed by atoms with Gasteiger partial charge in [0.1, 0.15) is 12.2 Å². The Morgan fingerprint density at radius 3 is 2.95 bits per heavy atom. The fourth-order valence-corrected chi connectivity index (χ4v) is 2.77. The Labute approximate surface area is 120 Å². The predicted octanol–water partition coefficient (Wildman–Crippen LogP) is 0.873. The molecule has 1 aromatic heterocycles. The van der Waals surface area contributed by atoms with Gasteiger partial charge in [-0.3, -0.25) is 4.68 Å². The lowest BCUT2D eigenvalue weighted by Crippen LogP contribution is -2.42. The lowest BCUT2D eigenvalue weighted by molar-refractivity contribution is 0.0129. The van der Waals surface area contributed by atoms with Gasteiger partial charge in [0.2, 0.25) is 0 Å². The van der Waals surface area contributed by atoms with Crippen molar-refractivity contribution in [3.05, 3.63) is 12.2 Å². The lowest BCUT2D eigenvalue weighted by Gasteiger charge is -2.37. The number of aromatic nitrogens is 3. The van der Waals surface area contributed by atoms with Crippen molar-refractivity contribution in [3.63, 3.8) is 0 Å². The van der Waals surface area contributed by atoms with Gasteiger partial charge < -0.3 is 14.8 Å². The van der Waals surface area contributed by atoms with Crippen molar-refractivity contribution in [2.75, 3.05) is 40.0 Å². The van der Waals surface area contributed by atoms with Crippen LogP contribution in [0, 0.1) is 5.41 Å². The number of methoxy groups -OCH3 is 1. The highest BCUT2D eigenvalue weighted by atomic mass is 16.5. The third-order valence-corrected chi connectivity index (χ3v) is 4.06. The maximum atomic E-state index is 5.53. The molecule has 114 valence electrons. The normalized spacial score (nSPS) is 18.3. The number of ether oxygens (including phenoxy) is 2. The first kappa shape index (κ1) is 15.4. The van der Waals surface area contributed by atoms with E-state index < -0.39 is 0 Å². The van der Waals surface area contributed by atoms with Crippen molar-refractivity contribution in [2.45, 2.75) is 32.7 Å². The molecular formula is C14H26N4O2. The third-order valence-electron chi connectivity index (χ3n) is 4.06. The first-order valence-corrected chi connectivity index (χ1v) is 7.44. The Kier molecular flexibility index (Phi) is 5.94. The summed E-state index contributed by atoms with van der Waals surface area (Å²) in [5.74, 6) is 1.09. The monoisotopic (exact) mass is 282 g/mol. The van der Waals surface area contributed by atoms with Crippen LogP contribution in [0.25, 0.3) is 0 Å². The fraction of sp³-hybridized carbons (Fsp3) is 0.857. The van der Waals surface area contributed by atoms with E-state index in [0.29, 0.717) is 0 Å². The minimum absolute atomic E-state index is 0.228. The smallest absolute Gasteiger partial charge is 0.138 e. The van der Waals surface area contributed by atoms with Crippen LogP contribution in [0.15, 0.2) is 6.33 Å². The van der Waals surface area contributed by atoms with Crippen LogP contribution in [-0.4, -0.2) is 54.8 Å². The Balaban J connectivity index is 1.98. The summed E-state index contributed by atoms with van der Waals surface area (Å²) in [5, 5.41) is 7.78. The van der Waals surface area contributed by atoms with Crippen molar-refractivity contribution in [2.24, 2.45) is 5.41 Å². The Bertz CT molecular complexity index is 388. The van der Waals surface area contributed by atoms with Crippen LogP contribution in [0.2, 0.25) is 0 Å². The molecule has 6 nitrogen and oxygen atoms in total. The summed E-state index contributed by atoms with van der Waals surface area (Å²) in [5.41, 5.74) is 0.228. The zero-order valence-corrected chi connectivity index (χ0v) is 12.6. The van der Waals surface area contributed by atoms with Gasteiger partial charge in [0.25, 0.3) is 0 Å². The van der Waals surface area contributed by atoms with Gasteiger partial charge in [-0.1, -0.05) is 0 Å². The molecule has 0 spiro atoms. The van der Waals surface area contributed by atoms with Crippen molar-refractivity contribution in [3.8, 4) is 0 Å². The molecule has 0 unspecified atom stereocenters.